The first kappa shape index (κ1) is 12.7. The minimum Gasteiger partial charge on any atom is -0.288 e. The Labute approximate surface area is 108 Å². The molecule has 0 radical (unpaired) electrons. The molecule has 0 fully saturated rings. The summed E-state index contributed by atoms with van der Waals surface area (Å²) in [5, 5.41) is -0.339. The smallest absolute Gasteiger partial charge is 0.196 e. The van der Waals surface area contributed by atoms with Crippen LogP contribution in [0.15, 0.2) is 36.4 Å². The topological polar surface area (TPSA) is 17.1 Å². The molecule has 2 aromatic rings. The van der Waals surface area contributed by atoms with Gasteiger partial charge in [-0.05, 0) is 24.6 Å². The van der Waals surface area contributed by atoms with Crippen molar-refractivity contribution >= 4 is 17.4 Å². The van der Waals surface area contributed by atoms with Gasteiger partial charge < -0.3 is 0 Å². The predicted octanol–water partition coefficient (Wildman–Crippen LogP) is 4.16. The van der Waals surface area contributed by atoms with E-state index in [2.05, 4.69) is 0 Å². The van der Waals surface area contributed by atoms with Crippen molar-refractivity contribution < 1.29 is 13.6 Å². The molecule has 1 nitrogen and oxygen atoms in total. The highest BCUT2D eigenvalue weighted by Crippen LogP contribution is 2.22. The Morgan fingerprint density at radius 3 is 2.39 bits per heavy atom. The first-order valence-corrected chi connectivity index (χ1v) is 5.63. The first-order chi connectivity index (χ1) is 8.50. The molecule has 2 rings (SSSR count). The van der Waals surface area contributed by atoms with Gasteiger partial charge in [-0.15, -0.1) is 0 Å². The molecule has 0 N–H and O–H groups in total. The Kier molecular flexibility index (Phi) is 3.43. The summed E-state index contributed by atoms with van der Waals surface area (Å²) in [6.45, 7) is 1.73. The fourth-order valence-electron chi connectivity index (χ4n) is 1.67. The van der Waals surface area contributed by atoms with Crippen LogP contribution in [0.2, 0.25) is 5.02 Å². The van der Waals surface area contributed by atoms with Crippen molar-refractivity contribution in [2.24, 2.45) is 0 Å². The molecule has 0 heterocycles. The van der Waals surface area contributed by atoms with Crippen molar-refractivity contribution in [1.29, 1.82) is 0 Å². The van der Waals surface area contributed by atoms with E-state index in [1.54, 1.807) is 31.2 Å². The van der Waals surface area contributed by atoms with Gasteiger partial charge >= 0.3 is 0 Å². The molecular formula is C14H9ClF2O. The molecule has 92 valence electrons. The fourth-order valence-corrected chi connectivity index (χ4v) is 1.82. The van der Waals surface area contributed by atoms with Crippen LogP contribution in [0.5, 0.6) is 0 Å². The van der Waals surface area contributed by atoms with E-state index in [1.165, 1.54) is 0 Å². The van der Waals surface area contributed by atoms with Gasteiger partial charge in [0.25, 0.3) is 0 Å². The summed E-state index contributed by atoms with van der Waals surface area (Å²) in [4.78, 5) is 12.1. The average Bonchev–Trinajstić information content (AvgIpc) is 2.33. The summed E-state index contributed by atoms with van der Waals surface area (Å²) in [7, 11) is 0. The lowest BCUT2D eigenvalue weighted by Crippen LogP contribution is -2.07. The van der Waals surface area contributed by atoms with E-state index in [4.69, 9.17) is 11.6 Å². The van der Waals surface area contributed by atoms with Crippen LogP contribution in [0.4, 0.5) is 8.78 Å². The summed E-state index contributed by atoms with van der Waals surface area (Å²) in [5.74, 6) is -2.19. The van der Waals surface area contributed by atoms with E-state index in [1.807, 2.05) is 0 Å². The second-order valence-electron chi connectivity index (χ2n) is 3.89. The Balaban J connectivity index is 2.53. The maximum absolute atomic E-state index is 13.6. The Morgan fingerprint density at radius 2 is 1.72 bits per heavy atom. The highest BCUT2D eigenvalue weighted by Gasteiger charge is 2.18. The molecule has 0 amide bonds. The summed E-state index contributed by atoms with van der Waals surface area (Å²) < 4.78 is 26.9. The molecule has 0 unspecified atom stereocenters. The maximum Gasteiger partial charge on any atom is 0.196 e. The molecule has 0 aliphatic carbocycles. The molecule has 18 heavy (non-hydrogen) atoms. The number of benzene rings is 2. The van der Waals surface area contributed by atoms with Crippen molar-refractivity contribution in [3.63, 3.8) is 0 Å². The number of hydrogen-bond donors (Lipinski definition) is 0. The average molecular weight is 267 g/mol. The van der Waals surface area contributed by atoms with E-state index in [0.29, 0.717) is 11.1 Å². The molecule has 2 aromatic carbocycles. The monoisotopic (exact) mass is 266 g/mol. The standard InChI is InChI=1S/C14H9ClF2O/c1-8-4-2-3-5-9(8)14(18)10-6-13(17)11(15)7-12(10)16/h2-7H,1H3. The Morgan fingerprint density at radius 1 is 1.06 bits per heavy atom. The second-order valence-corrected chi connectivity index (χ2v) is 4.30. The third-order valence-corrected chi connectivity index (χ3v) is 2.93. The number of aryl methyl sites for hydroxylation is 1. The van der Waals surface area contributed by atoms with Crippen molar-refractivity contribution in [2.75, 3.05) is 0 Å². The first-order valence-electron chi connectivity index (χ1n) is 5.25. The highest BCUT2D eigenvalue weighted by molar-refractivity contribution is 6.30. The second kappa shape index (κ2) is 4.86. The highest BCUT2D eigenvalue weighted by atomic mass is 35.5. The van der Waals surface area contributed by atoms with Crippen LogP contribution in [-0.4, -0.2) is 5.78 Å². The zero-order valence-electron chi connectivity index (χ0n) is 9.51. The fraction of sp³-hybridized carbons (Fsp3) is 0.0714. The minimum absolute atomic E-state index is 0.314. The molecule has 0 aromatic heterocycles. The van der Waals surface area contributed by atoms with Gasteiger partial charge in [-0.2, -0.15) is 0 Å². The number of carbonyl (C=O) groups is 1. The molecule has 0 aliphatic heterocycles. The quantitative estimate of drug-likeness (QED) is 0.589. The Bertz CT molecular complexity index is 623. The van der Waals surface area contributed by atoms with E-state index >= 15 is 0 Å². The predicted molar refractivity (Wildman–Crippen MR) is 66.0 cm³/mol. The number of ketones is 1. The summed E-state index contributed by atoms with van der Waals surface area (Å²) in [5.41, 5.74) is 0.738. The van der Waals surface area contributed by atoms with Crippen LogP contribution in [0.1, 0.15) is 21.5 Å². The third-order valence-electron chi connectivity index (χ3n) is 2.64. The summed E-state index contributed by atoms with van der Waals surface area (Å²) in [6.07, 6.45) is 0. The summed E-state index contributed by atoms with van der Waals surface area (Å²) in [6, 6.07) is 8.38. The molecule has 0 saturated heterocycles. The van der Waals surface area contributed by atoms with Crippen molar-refractivity contribution in [2.45, 2.75) is 6.92 Å². The molecule has 0 atom stereocenters. The SMILES string of the molecule is Cc1ccccc1C(=O)c1cc(F)c(Cl)cc1F. The van der Waals surface area contributed by atoms with E-state index in [0.717, 1.165) is 12.1 Å². The van der Waals surface area contributed by atoms with Crippen LogP contribution in [0.3, 0.4) is 0 Å². The van der Waals surface area contributed by atoms with Crippen LogP contribution in [0, 0.1) is 18.6 Å². The number of halogens is 3. The largest absolute Gasteiger partial charge is 0.288 e. The molecule has 0 saturated carbocycles. The van der Waals surface area contributed by atoms with Gasteiger partial charge in [0.15, 0.2) is 5.78 Å². The number of carbonyl (C=O) groups excluding carboxylic acids is 1. The van der Waals surface area contributed by atoms with Crippen LogP contribution in [-0.2, 0) is 0 Å². The van der Waals surface area contributed by atoms with Crippen molar-refractivity contribution in [3.05, 3.63) is 69.7 Å². The molecule has 0 bridgehead atoms. The third kappa shape index (κ3) is 2.27. The van der Waals surface area contributed by atoms with Crippen molar-refractivity contribution in [1.82, 2.24) is 0 Å². The van der Waals surface area contributed by atoms with Gasteiger partial charge in [0.2, 0.25) is 0 Å². The van der Waals surface area contributed by atoms with Gasteiger partial charge in [-0.25, -0.2) is 8.78 Å². The molecule has 0 spiro atoms. The van der Waals surface area contributed by atoms with Gasteiger partial charge in [-0.3, -0.25) is 4.79 Å². The van der Waals surface area contributed by atoms with Crippen LogP contribution in [0.25, 0.3) is 0 Å². The number of hydrogen-bond acceptors (Lipinski definition) is 1. The van der Waals surface area contributed by atoms with Gasteiger partial charge in [0, 0.05) is 5.56 Å². The zero-order chi connectivity index (χ0) is 13.3. The normalized spacial score (nSPS) is 10.4. The maximum atomic E-state index is 13.6. The molecule has 0 aliphatic rings. The molecular weight excluding hydrogens is 258 g/mol. The number of rotatable bonds is 2. The molecule has 4 heteroatoms. The van der Waals surface area contributed by atoms with Gasteiger partial charge in [0.05, 0.1) is 10.6 Å². The van der Waals surface area contributed by atoms with E-state index in [-0.39, 0.29) is 10.6 Å². The lowest BCUT2D eigenvalue weighted by molar-refractivity contribution is 0.103. The van der Waals surface area contributed by atoms with Crippen molar-refractivity contribution in [3.8, 4) is 0 Å². The lowest BCUT2D eigenvalue weighted by atomic mass is 9.99. The van der Waals surface area contributed by atoms with Crippen LogP contribution < -0.4 is 0 Å². The minimum atomic E-state index is -0.824. The van der Waals surface area contributed by atoms with E-state index < -0.39 is 17.4 Å². The van der Waals surface area contributed by atoms with E-state index in [9.17, 15) is 13.6 Å². The summed E-state index contributed by atoms with van der Waals surface area (Å²) >= 11 is 5.44. The zero-order valence-corrected chi connectivity index (χ0v) is 10.3. The Hall–Kier alpha value is -1.74. The van der Waals surface area contributed by atoms with Gasteiger partial charge in [-0.1, -0.05) is 35.9 Å². The van der Waals surface area contributed by atoms with Crippen LogP contribution >= 0.6 is 11.6 Å². The lowest BCUT2D eigenvalue weighted by Gasteiger charge is -2.06. The van der Waals surface area contributed by atoms with Gasteiger partial charge in [0.1, 0.15) is 11.6 Å².